The van der Waals surface area contributed by atoms with Crippen molar-refractivity contribution >= 4 is 0 Å². The third-order valence-corrected chi connectivity index (χ3v) is 1.52. The molecule has 0 aromatic rings. The summed E-state index contributed by atoms with van der Waals surface area (Å²) in [6.45, 7) is 3.99. The summed E-state index contributed by atoms with van der Waals surface area (Å²) in [6.07, 6.45) is 2.13. The molecule has 1 unspecified atom stereocenters. The molecule has 3 N–H and O–H groups in total. The van der Waals surface area contributed by atoms with E-state index >= 15 is 0 Å². The molecule has 0 bridgehead atoms. The Morgan fingerprint density at radius 2 is 2.62 bits per heavy atom. The smallest absolute Gasteiger partial charge is 0.0378 e. The van der Waals surface area contributed by atoms with E-state index in [1.165, 1.54) is 5.57 Å². The van der Waals surface area contributed by atoms with Crippen molar-refractivity contribution in [1.29, 1.82) is 0 Å². The Kier molecular flexibility index (Phi) is 1.65. The highest BCUT2D eigenvalue weighted by atomic mass is 14.9. The van der Waals surface area contributed by atoms with Gasteiger partial charge in [-0.25, -0.2) is 0 Å². The minimum atomic E-state index is 0.253. The Hall–Kier alpha value is -0.340. The molecule has 1 heterocycles. The van der Waals surface area contributed by atoms with Crippen LogP contribution in [0.3, 0.4) is 0 Å². The van der Waals surface area contributed by atoms with Crippen LogP contribution in [0.25, 0.3) is 0 Å². The fraction of sp³-hybridized carbons (Fsp3) is 0.667. The molecule has 2 nitrogen and oxygen atoms in total. The molecule has 0 amide bonds. The predicted molar refractivity (Wildman–Crippen MR) is 34.6 cm³/mol. The third-order valence-electron chi connectivity index (χ3n) is 1.52. The van der Waals surface area contributed by atoms with Crippen molar-refractivity contribution < 1.29 is 0 Å². The average molecular weight is 112 g/mol. The number of rotatable bonds is 0. The van der Waals surface area contributed by atoms with Gasteiger partial charge in [-0.1, -0.05) is 11.6 Å². The van der Waals surface area contributed by atoms with Crippen LogP contribution in [0, 0.1) is 0 Å². The highest BCUT2D eigenvalue weighted by Crippen LogP contribution is 1.99. The second kappa shape index (κ2) is 2.29. The summed E-state index contributed by atoms with van der Waals surface area (Å²) < 4.78 is 0. The van der Waals surface area contributed by atoms with Crippen LogP contribution in [0.2, 0.25) is 0 Å². The van der Waals surface area contributed by atoms with E-state index in [1.807, 2.05) is 0 Å². The van der Waals surface area contributed by atoms with Crippen molar-refractivity contribution in [3.63, 3.8) is 0 Å². The fourth-order valence-electron chi connectivity index (χ4n) is 0.784. The van der Waals surface area contributed by atoms with Gasteiger partial charge in [0.2, 0.25) is 0 Å². The minimum absolute atomic E-state index is 0.253. The summed E-state index contributed by atoms with van der Waals surface area (Å²) in [5.41, 5.74) is 6.96. The first kappa shape index (κ1) is 5.79. The van der Waals surface area contributed by atoms with E-state index in [2.05, 4.69) is 18.3 Å². The number of nitrogens with two attached hydrogens (primary N) is 1. The van der Waals surface area contributed by atoms with Crippen LogP contribution >= 0.6 is 0 Å². The summed E-state index contributed by atoms with van der Waals surface area (Å²) in [5.74, 6) is 0. The van der Waals surface area contributed by atoms with E-state index in [0.29, 0.717) is 0 Å². The normalized spacial score (nSPS) is 29.8. The maximum atomic E-state index is 5.65. The lowest BCUT2D eigenvalue weighted by molar-refractivity contribution is 0.626. The minimum Gasteiger partial charge on any atom is -0.323 e. The van der Waals surface area contributed by atoms with Gasteiger partial charge in [0, 0.05) is 19.1 Å². The quantitative estimate of drug-likeness (QED) is 0.428. The Morgan fingerprint density at radius 3 is 3.00 bits per heavy atom. The predicted octanol–water partition coefficient (Wildman–Crippen LogP) is -0.137. The molecule has 1 aliphatic rings. The molecule has 46 valence electrons. The van der Waals surface area contributed by atoms with Crippen LogP contribution < -0.4 is 11.1 Å². The lowest BCUT2D eigenvalue weighted by atomic mass is 10.1. The van der Waals surface area contributed by atoms with Crippen molar-refractivity contribution in [2.24, 2.45) is 5.73 Å². The van der Waals surface area contributed by atoms with Crippen LogP contribution in [0.5, 0.6) is 0 Å². The summed E-state index contributed by atoms with van der Waals surface area (Å²) in [4.78, 5) is 0. The second-order valence-corrected chi connectivity index (χ2v) is 2.21. The van der Waals surface area contributed by atoms with Crippen LogP contribution in [-0.4, -0.2) is 19.1 Å². The molecule has 1 rings (SSSR count). The summed E-state index contributed by atoms with van der Waals surface area (Å²) >= 11 is 0. The van der Waals surface area contributed by atoms with Gasteiger partial charge in [-0.3, -0.25) is 0 Å². The largest absolute Gasteiger partial charge is 0.323 e. The van der Waals surface area contributed by atoms with E-state index in [-0.39, 0.29) is 6.04 Å². The molecule has 1 aliphatic heterocycles. The average Bonchev–Trinajstić information content (AvgIpc) is 1.77. The zero-order valence-electron chi connectivity index (χ0n) is 5.15. The zero-order chi connectivity index (χ0) is 5.98. The van der Waals surface area contributed by atoms with Gasteiger partial charge < -0.3 is 11.1 Å². The zero-order valence-corrected chi connectivity index (χ0v) is 5.15. The van der Waals surface area contributed by atoms with Crippen LogP contribution in [0.4, 0.5) is 0 Å². The first-order valence-electron chi connectivity index (χ1n) is 2.93. The lowest BCUT2D eigenvalue weighted by Crippen LogP contribution is -2.38. The Morgan fingerprint density at radius 1 is 1.88 bits per heavy atom. The van der Waals surface area contributed by atoms with Crippen molar-refractivity contribution in [3.05, 3.63) is 11.6 Å². The van der Waals surface area contributed by atoms with Gasteiger partial charge in [-0.2, -0.15) is 0 Å². The highest BCUT2D eigenvalue weighted by Gasteiger charge is 2.06. The first-order valence-corrected chi connectivity index (χ1v) is 2.93. The van der Waals surface area contributed by atoms with Gasteiger partial charge in [0.15, 0.2) is 0 Å². The molecule has 0 aromatic carbocycles. The molecule has 0 aromatic heterocycles. The number of hydrogen-bond acceptors (Lipinski definition) is 2. The van der Waals surface area contributed by atoms with Crippen LogP contribution in [-0.2, 0) is 0 Å². The third kappa shape index (κ3) is 1.08. The van der Waals surface area contributed by atoms with Crippen molar-refractivity contribution in [2.45, 2.75) is 13.0 Å². The molecule has 0 radical (unpaired) electrons. The molecule has 0 aliphatic carbocycles. The molecule has 0 fully saturated rings. The van der Waals surface area contributed by atoms with Gasteiger partial charge in [0.25, 0.3) is 0 Å². The van der Waals surface area contributed by atoms with Crippen LogP contribution in [0.1, 0.15) is 6.92 Å². The Balaban J connectivity index is 2.53. The Bertz CT molecular complexity index is 107. The molecular formula is C6H12N2. The van der Waals surface area contributed by atoms with E-state index < -0.39 is 0 Å². The summed E-state index contributed by atoms with van der Waals surface area (Å²) in [5, 5.41) is 3.16. The van der Waals surface area contributed by atoms with Crippen molar-refractivity contribution in [3.8, 4) is 0 Å². The summed E-state index contributed by atoms with van der Waals surface area (Å²) in [7, 11) is 0. The van der Waals surface area contributed by atoms with Gasteiger partial charge in [-0.15, -0.1) is 0 Å². The second-order valence-electron chi connectivity index (χ2n) is 2.21. The van der Waals surface area contributed by atoms with Gasteiger partial charge >= 0.3 is 0 Å². The topological polar surface area (TPSA) is 38.0 Å². The highest BCUT2D eigenvalue weighted by molar-refractivity contribution is 5.11. The molecule has 8 heavy (non-hydrogen) atoms. The van der Waals surface area contributed by atoms with E-state index in [4.69, 9.17) is 5.73 Å². The van der Waals surface area contributed by atoms with E-state index in [0.717, 1.165) is 13.1 Å². The maximum Gasteiger partial charge on any atom is 0.0378 e. The monoisotopic (exact) mass is 112 g/mol. The standard InChI is InChI=1S/C6H12N2/c1-5-2-3-8-4-6(5)7/h2,6,8H,3-4,7H2,1H3. The number of hydrogen-bond donors (Lipinski definition) is 2. The number of nitrogens with one attached hydrogen (secondary N) is 1. The SMILES string of the molecule is CC1=CCNCC1N. The maximum absolute atomic E-state index is 5.65. The fourth-order valence-corrected chi connectivity index (χ4v) is 0.784. The molecule has 0 spiro atoms. The molecule has 0 saturated heterocycles. The van der Waals surface area contributed by atoms with Crippen molar-refractivity contribution in [1.82, 2.24) is 5.32 Å². The molecule has 2 heteroatoms. The molecular weight excluding hydrogens is 100 g/mol. The lowest BCUT2D eigenvalue weighted by Gasteiger charge is -2.17. The summed E-state index contributed by atoms with van der Waals surface area (Å²) in [6, 6.07) is 0.253. The first-order chi connectivity index (χ1) is 3.80. The van der Waals surface area contributed by atoms with Gasteiger partial charge in [0.1, 0.15) is 0 Å². The molecule has 1 atom stereocenters. The van der Waals surface area contributed by atoms with Crippen molar-refractivity contribution in [2.75, 3.05) is 13.1 Å². The van der Waals surface area contributed by atoms with Crippen LogP contribution in [0.15, 0.2) is 11.6 Å². The van der Waals surface area contributed by atoms with E-state index in [9.17, 15) is 0 Å². The van der Waals surface area contributed by atoms with Gasteiger partial charge in [0.05, 0.1) is 0 Å². The van der Waals surface area contributed by atoms with E-state index in [1.54, 1.807) is 0 Å². The molecule has 0 saturated carbocycles. The van der Waals surface area contributed by atoms with Gasteiger partial charge in [-0.05, 0) is 6.92 Å². The Labute approximate surface area is 49.8 Å².